The third-order valence-electron chi connectivity index (χ3n) is 2.40. The molecule has 2 heterocycles. The smallest absolute Gasteiger partial charge is 0.257 e. The molecule has 0 aliphatic heterocycles. The summed E-state index contributed by atoms with van der Waals surface area (Å²) in [6.45, 7) is 0.176. The van der Waals surface area contributed by atoms with Gasteiger partial charge in [0.15, 0.2) is 5.82 Å². The number of amides is 1. The summed E-state index contributed by atoms with van der Waals surface area (Å²) in [5.41, 5.74) is -0.350. The summed E-state index contributed by atoms with van der Waals surface area (Å²) in [5.74, 6) is -2.60. The molecule has 6 heteroatoms. The molecule has 1 amide bonds. The Balaban J connectivity index is 2.18. The molecule has 18 heavy (non-hydrogen) atoms. The van der Waals surface area contributed by atoms with E-state index < -0.39 is 17.7 Å². The Bertz CT molecular complexity index is 555. The van der Waals surface area contributed by atoms with Gasteiger partial charge in [0.05, 0.1) is 18.4 Å². The summed E-state index contributed by atoms with van der Waals surface area (Å²) in [7, 11) is 1.47. The van der Waals surface area contributed by atoms with Crippen molar-refractivity contribution in [2.45, 2.75) is 6.54 Å². The predicted molar refractivity (Wildman–Crippen MR) is 58.7 cm³/mol. The number of carbonyl (C=O) groups is 1. The van der Waals surface area contributed by atoms with E-state index in [1.165, 1.54) is 18.2 Å². The van der Waals surface area contributed by atoms with Crippen molar-refractivity contribution in [3.63, 3.8) is 0 Å². The fraction of sp³-hybridized carbons (Fsp3) is 0.167. The Morgan fingerprint density at radius 3 is 2.89 bits per heavy atom. The first kappa shape index (κ1) is 12.2. The molecule has 0 radical (unpaired) electrons. The van der Waals surface area contributed by atoms with Crippen molar-refractivity contribution >= 4 is 5.91 Å². The Morgan fingerprint density at radius 2 is 2.22 bits per heavy atom. The molecular weight excluding hydrogens is 242 g/mol. The third kappa shape index (κ3) is 2.37. The first-order chi connectivity index (χ1) is 8.59. The molecule has 0 fully saturated rings. The lowest BCUT2D eigenvalue weighted by molar-refractivity contribution is 0.0769. The minimum atomic E-state index is -1.28. The average Bonchev–Trinajstić information content (AvgIpc) is 2.84. The van der Waals surface area contributed by atoms with Crippen LogP contribution in [0.25, 0.3) is 0 Å². The largest absolute Gasteiger partial charge is 0.467 e. The van der Waals surface area contributed by atoms with Gasteiger partial charge in [-0.25, -0.2) is 9.37 Å². The molecule has 0 aliphatic carbocycles. The van der Waals surface area contributed by atoms with Crippen LogP contribution in [0.3, 0.4) is 0 Å². The van der Waals surface area contributed by atoms with Crippen LogP contribution in [0.5, 0.6) is 0 Å². The molecule has 0 N–H and O–H groups in total. The Kier molecular flexibility index (Phi) is 3.36. The van der Waals surface area contributed by atoms with Crippen molar-refractivity contribution in [2.75, 3.05) is 7.05 Å². The quantitative estimate of drug-likeness (QED) is 0.787. The number of pyridine rings is 1. The van der Waals surface area contributed by atoms with Gasteiger partial charge in [-0.1, -0.05) is 0 Å². The molecule has 2 aromatic rings. The van der Waals surface area contributed by atoms with E-state index in [4.69, 9.17) is 4.42 Å². The highest BCUT2D eigenvalue weighted by molar-refractivity contribution is 5.94. The second-order valence-corrected chi connectivity index (χ2v) is 3.70. The zero-order valence-electron chi connectivity index (χ0n) is 9.56. The number of carbonyl (C=O) groups excluding carboxylic acids is 1. The number of aromatic nitrogens is 1. The molecule has 0 saturated heterocycles. The van der Waals surface area contributed by atoms with E-state index in [-0.39, 0.29) is 12.1 Å². The number of hydrogen-bond acceptors (Lipinski definition) is 3. The standard InChI is InChI=1S/C12H10F2N2O2/c1-16(7-8-3-2-6-18-8)12(17)9-4-5-15-11(14)10(9)13/h2-6H,7H2,1H3. The first-order valence-electron chi connectivity index (χ1n) is 5.17. The van der Waals surface area contributed by atoms with Gasteiger partial charge in [0.2, 0.25) is 5.95 Å². The predicted octanol–water partition coefficient (Wildman–Crippen LogP) is 2.22. The van der Waals surface area contributed by atoms with Gasteiger partial charge in [0.1, 0.15) is 5.76 Å². The lowest BCUT2D eigenvalue weighted by atomic mass is 10.2. The second kappa shape index (κ2) is 4.95. The number of hydrogen-bond donors (Lipinski definition) is 0. The van der Waals surface area contributed by atoms with Gasteiger partial charge in [0, 0.05) is 13.2 Å². The van der Waals surface area contributed by atoms with E-state index in [2.05, 4.69) is 4.98 Å². The molecule has 0 unspecified atom stereocenters. The van der Waals surface area contributed by atoms with Gasteiger partial charge in [-0.05, 0) is 18.2 Å². The summed E-state index contributed by atoms with van der Waals surface area (Å²) < 4.78 is 31.4. The molecule has 0 aliphatic rings. The van der Waals surface area contributed by atoms with Crippen molar-refractivity contribution in [3.05, 3.63) is 53.7 Å². The Hall–Kier alpha value is -2.24. The molecule has 0 saturated carbocycles. The van der Waals surface area contributed by atoms with Crippen LogP contribution in [-0.2, 0) is 6.54 Å². The van der Waals surface area contributed by atoms with Crippen LogP contribution >= 0.6 is 0 Å². The molecule has 0 aromatic carbocycles. The summed E-state index contributed by atoms with van der Waals surface area (Å²) in [4.78, 5) is 16.3. The summed E-state index contributed by atoms with van der Waals surface area (Å²) in [5, 5.41) is 0. The average molecular weight is 252 g/mol. The van der Waals surface area contributed by atoms with Gasteiger partial charge < -0.3 is 9.32 Å². The topological polar surface area (TPSA) is 46.3 Å². The summed E-state index contributed by atoms with van der Waals surface area (Å²) in [6, 6.07) is 4.51. The lowest BCUT2D eigenvalue weighted by Gasteiger charge is -2.15. The van der Waals surface area contributed by atoms with Crippen molar-refractivity contribution in [1.82, 2.24) is 9.88 Å². The lowest BCUT2D eigenvalue weighted by Crippen LogP contribution is -2.27. The second-order valence-electron chi connectivity index (χ2n) is 3.70. The van der Waals surface area contributed by atoms with Crippen LogP contribution < -0.4 is 0 Å². The molecule has 94 valence electrons. The minimum absolute atomic E-state index is 0.176. The number of rotatable bonds is 3. The number of halogens is 2. The zero-order chi connectivity index (χ0) is 13.1. The SMILES string of the molecule is CN(Cc1ccco1)C(=O)c1ccnc(F)c1F. The van der Waals surface area contributed by atoms with Crippen LogP contribution in [0.1, 0.15) is 16.1 Å². The molecular formula is C12H10F2N2O2. The van der Waals surface area contributed by atoms with Crippen LogP contribution in [-0.4, -0.2) is 22.8 Å². The molecule has 2 rings (SSSR count). The van der Waals surface area contributed by atoms with Gasteiger partial charge in [-0.2, -0.15) is 4.39 Å². The van der Waals surface area contributed by atoms with E-state index in [0.29, 0.717) is 5.76 Å². The van der Waals surface area contributed by atoms with E-state index in [0.717, 1.165) is 12.3 Å². The van der Waals surface area contributed by atoms with E-state index in [9.17, 15) is 13.6 Å². The highest BCUT2D eigenvalue weighted by Gasteiger charge is 2.20. The number of nitrogens with zero attached hydrogens (tertiary/aromatic N) is 2. The summed E-state index contributed by atoms with van der Waals surface area (Å²) in [6.07, 6.45) is 2.52. The number of furan rings is 1. The Morgan fingerprint density at radius 1 is 1.44 bits per heavy atom. The van der Waals surface area contributed by atoms with Crippen molar-refractivity contribution < 1.29 is 18.0 Å². The van der Waals surface area contributed by atoms with Crippen LogP contribution in [0, 0.1) is 11.8 Å². The molecule has 4 nitrogen and oxygen atoms in total. The normalized spacial score (nSPS) is 10.4. The van der Waals surface area contributed by atoms with Gasteiger partial charge in [-0.15, -0.1) is 0 Å². The summed E-state index contributed by atoms with van der Waals surface area (Å²) >= 11 is 0. The maximum Gasteiger partial charge on any atom is 0.257 e. The fourth-order valence-electron chi connectivity index (χ4n) is 1.50. The maximum atomic E-state index is 13.4. The van der Waals surface area contributed by atoms with Gasteiger partial charge in [0.25, 0.3) is 5.91 Å². The van der Waals surface area contributed by atoms with E-state index in [1.807, 2.05) is 0 Å². The van der Waals surface area contributed by atoms with Crippen molar-refractivity contribution in [3.8, 4) is 0 Å². The van der Waals surface area contributed by atoms with Crippen molar-refractivity contribution in [2.24, 2.45) is 0 Å². The highest BCUT2D eigenvalue weighted by atomic mass is 19.2. The molecule has 0 atom stereocenters. The van der Waals surface area contributed by atoms with Gasteiger partial charge in [-0.3, -0.25) is 4.79 Å². The maximum absolute atomic E-state index is 13.4. The van der Waals surface area contributed by atoms with Gasteiger partial charge >= 0.3 is 0 Å². The molecule has 2 aromatic heterocycles. The highest BCUT2D eigenvalue weighted by Crippen LogP contribution is 2.13. The van der Waals surface area contributed by atoms with Crippen molar-refractivity contribution in [1.29, 1.82) is 0 Å². The van der Waals surface area contributed by atoms with Crippen LogP contribution in [0.2, 0.25) is 0 Å². The fourth-order valence-corrected chi connectivity index (χ4v) is 1.50. The Labute approximate surface area is 102 Å². The molecule has 0 bridgehead atoms. The van der Waals surface area contributed by atoms with E-state index in [1.54, 1.807) is 12.1 Å². The van der Waals surface area contributed by atoms with E-state index >= 15 is 0 Å². The van der Waals surface area contributed by atoms with Crippen LogP contribution in [0.15, 0.2) is 35.1 Å². The zero-order valence-corrected chi connectivity index (χ0v) is 9.56. The monoisotopic (exact) mass is 252 g/mol. The van der Waals surface area contributed by atoms with Crippen LogP contribution in [0.4, 0.5) is 8.78 Å². The third-order valence-corrected chi connectivity index (χ3v) is 2.40. The minimum Gasteiger partial charge on any atom is -0.467 e. The molecule has 0 spiro atoms. The first-order valence-corrected chi connectivity index (χ1v) is 5.17.